The topological polar surface area (TPSA) is 38.7 Å². The number of hydrogen-bond donors (Lipinski definition) is 1. The Balaban J connectivity index is 2.15. The molecule has 0 bridgehead atoms. The van der Waals surface area contributed by atoms with Crippen molar-refractivity contribution >= 4 is 0 Å². The van der Waals surface area contributed by atoms with Crippen LogP contribution in [0.5, 0.6) is 11.5 Å². The largest absolute Gasteiger partial charge is 0.497 e. The lowest BCUT2D eigenvalue weighted by molar-refractivity contribution is 0.116. The molecule has 1 N–H and O–H groups in total. The second-order valence-corrected chi connectivity index (χ2v) is 3.88. The van der Waals surface area contributed by atoms with E-state index in [1.54, 1.807) is 13.2 Å². The molecule has 0 saturated carbocycles. The molecule has 0 aliphatic heterocycles. The molecule has 0 saturated heterocycles. The van der Waals surface area contributed by atoms with Crippen LogP contribution >= 0.6 is 0 Å². The van der Waals surface area contributed by atoms with Gasteiger partial charge in [0.2, 0.25) is 0 Å². The van der Waals surface area contributed by atoms with E-state index in [9.17, 15) is 5.11 Å². The Bertz CT molecular complexity index is 482. The molecule has 2 rings (SSSR count). The van der Waals surface area contributed by atoms with Crippen molar-refractivity contribution < 1.29 is 14.6 Å². The predicted molar refractivity (Wildman–Crippen MR) is 69.9 cm³/mol. The Morgan fingerprint density at radius 2 is 1.72 bits per heavy atom. The van der Waals surface area contributed by atoms with Gasteiger partial charge in [-0.15, -0.1) is 0 Å². The molecule has 3 nitrogen and oxygen atoms in total. The highest BCUT2D eigenvalue weighted by Crippen LogP contribution is 2.24. The van der Waals surface area contributed by atoms with Crippen LogP contribution in [0.2, 0.25) is 0 Å². The van der Waals surface area contributed by atoms with E-state index in [1.807, 2.05) is 48.5 Å². The highest BCUT2D eigenvalue weighted by molar-refractivity contribution is 5.33. The lowest BCUT2D eigenvalue weighted by atomic mass is 10.1. The first kappa shape index (κ1) is 12.5. The molecule has 1 atom stereocenters. The number of rotatable bonds is 5. The number of methoxy groups -OCH3 is 1. The molecular weight excluding hydrogens is 228 g/mol. The number of ether oxygens (including phenoxy) is 2. The van der Waals surface area contributed by atoms with Crippen molar-refractivity contribution in [3.63, 3.8) is 0 Å². The zero-order valence-corrected chi connectivity index (χ0v) is 10.2. The average Bonchev–Trinajstić information content (AvgIpc) is 2.46. The van der Waals surface area contributed by atoms with Gasteiger partial charge in [0.05, 0.1) is 13.7 Å². The second kappa shape index (κ2) is 6.07. The fourth-order valence-corrected chi connectivity index (χ4v) is 1.72. The number of hydrogen-bond acceptors (Lipinski definition) is 3. The van der Waals surface area contributed by atoms with E-state index in [0.717, 1.165) is 11.3 Å². The zero-order chi connectivity index (χ0) is 12.8. The lowest BCUT2D eigenvalue weighted by Crippen LogP contribution is -2.11. The molecule has 3 heteroatoms. The minimum Gasteiger partial charge on any atom is -0.497 e. The first-order valence-electron chi connectivity index (χ1n) is 5.80. The quantitative estimate of drug-likeness (QED) is 0.879. The van der Waals surface area contributed by atoms with Crippen LogP contribution in [0.15, 0.2) is 54.6 Å². The van der Waals surface area contributed by atoms with Gasteiger partial charge in [0.1, 0.15) is 17.6 Å². The van der Waals surface area contributed by atoms with E-state index >= 15 is 0 Å². The van der Waals surface area contributed by atoms with Crippen LogP contribution in [0.4, 0.5) is 0 Å². The van der Waals surface area contributed by atoms with Crippen molar-refractivity contribution in [3.05, 3.63) is 60.2 Å². The minimum absolute atomic E-state index is 0.0682. The van der Waals surface area contributed by atoms with Gasteiger partial charge in [-0.1, -0.05) is 36.4 Å². The summed E-state index contributed by atoms with van der Waals surface area (Å²) >= 11 is 0. The van der Waals surface area contributed by atoms with E-state index < -0.39 is 0 Å². The van der Waals surface area contributed by atoms with Gasteiger partial charge in [-0.05, 0) is 17.7 Å². The van der Waals surface area contributed by atoms with E-state index in [4.69, 9.17) is 9.47 Å². The summed E-state index contributed by atoms with van der Waals surface area (Å²) in [6.45, 7) is -0.0682. The van der Waals surface area contributed by atoms with Crippen molar-refractivity contribution in [2.24, 2.45) is 0 Å². The molecule has 0 spiro atoms. The summed E-state index contributed by atoms with van der Waals surface area (Å²) in [6.07, 6.45) is -0.363. The summed E-state index contributed by atoms with van der Waals surface area (Å²) in [5.41, 5.74) is 0.947. The van der Waals surface area contributed by atoms with Crippen LogP contribution in [0.1, 0.15) is 11.7 Å². The molecule has 0 amide bonds. The molecule has 0 aliphatic rings. The average molecular weight is 244 g/mol. The van der Waals surface area contributed by atoms with Gasteiger partial charge in [0, 0.05) is 6.07 Å². The van der Waals surface area contributed by atoms with Crippen LogP contribution in [0.25, 0.3) is 0 Å². The molecule has 1 unspecified atom stereocenters. The summed E-state index contributed by atoms with van der Waals surface area (Å²) in [4.78, 5) is 0. The first-order chi connectivity index (χ1) is 8.83. The van der Waals surface area contributed by atoms with E-state index in [0.29, 0.717) is 5.75 Å². The molecular formula is C15H16O3. The number of benzene rings is 2. The summed E-state index contributed by atoms with van der Waals surface area (Å²) in [6, 6.07) is 17.0. The molecule has 0 fully saturated rings. The Kier molecular flexibility index (Phi) is 4.20. The van der Waals surface area contributed by atoms with Gasteiger partial charge in [-0.2, -0.15) is 0 Å². The summed E-state index contributed by atoms with van der Waals surface area (Å²) in [7, 11) is 1.61. The summed E-state index contributed by atoms with van der Waals surface area (Å²) in [5, 5.41) is 9.41. The van der Waals surface area contributed by atoms with Crippen LogP contribution in [0, 0.1) is 0 Å². The third-order valence-electron chi connectivity index (χ3n) is 2.66. The third-order valence-corrected chi connectivity index (χ3v) is 2.66. The minimum atomic E-state index is -0.363. The summed E-state index contributed by atoms with van der Waals surface area (Å²) in [5.74, 6) is 1.41. The van der Waals surface area contributed by atoms with Crippen LogP contribution in [-0.4, -0.2) is 18.8 Å². The number of aliphatic hydroxyl groups excluding tert-OH is 1. The van der Waals surface area contributed by atoms with Gasteiger partial charge in [0.25, 0.3) is 0 Å². The van der Waals surface area contributed by atoms with Gasteiger partial charge < -0.3 is 14.6 Å². The molecule has 94 valence electrons. The van der Waals surface area contributed by atoms with Crippen molar-refractivity contribution in [1.82, 2.24) is 0 Å². The first-order valence-corrected chi connectivity index (χ1v) is 5.80. The SMILES string of the molecule is COc1cccc(OC(CO)c2ccccc2)c1. The molecule has 0 aromatic heterocycles. The van der Waals surface area contributed by atoms with E-state index in [2.05, 4.69) is 0 Å². The number of aliphatic hydroxyl groups is 1. The monoisotopic (exact) mass is 244 g/mol. The molecule has 18 heavy (non-hydrogen) atoms. The molecule has 0 heterocycles. The van der Waals surface area contributed by atoms with Crippen LogP contribution < -0.4 is 9.47 Å². The van der Waals surface area contributed by atoms with Gasteiger partial charge in [-0.3, -0.25) is 0 Å². The van der Waals surface area contributed by atoms with Gasteiger partial charge in [0.15, 0.2) is 0 Å². The van der Waals surface area contributed by atoms with Gasteiger partial charge >= 0.3 is 0 Å². The zero-order valence-electron chi connectivity index (χ0n) is 10.2. The fourth-order valence-electron chi connectivity index (χ4n) is 1.72. The second-order valence-electron chi connectivity index (χ2n) is 3.88. The van der Waals surface area contributed by atoms with Crippen molar-refractivity contribution in [2.75, 3.05) is 13.7 Å². The molecule has 0 radical (unpaired) electrons. The predicted octanol–water partition coefficient (Wildman–Crippen LogP) is 2.81. The van der Waals surface area contributed by atoms with Gasteiger partial charge in [-0.25, -0.2) is 0 Å². The Morgan fingerprint density at radius 3 is 2.39 bits per heavy atom. The standard InChI is InChI=1S/C15H16O3/c1-17-13-8-5-9-14(10-13)18-15(11-16)12-6-3-2-4-7-12/h2-10,15-16H,11H2,1H3. The fraction of sp³-hybridized carbons (Fsp3) is 0.200. The lowest BCUT2D eigenvalue weighted by Gasteiger charge is -2.17. The molecule has 0 aliphatic carbocycles. The maximum absolute atomic E-state index is 9.41. The normalized spacial score (nSPS) is 11.9. The maximum atomic E-state index is 9.41. The molecule has 2 aromatic rings. The van der Waals surface area contributed by atoms with Crippen molar-refractivity contribution in [1.29, 1.82) is 0 Å². The van der Waals surface area contributed by atoms with E-state index in [-0.39, 0.29) is 12.7 Å². The highest BCUT2D eigenvalue weighted by atomic mass is 16.5. The highest BCUT2D eigenvalue weighted by Gasteiger charge is 2.11. The smallest absolute Gasteiger partial charge is 0.147 e. The Morgan fingerprint density at radius 1 is 1.00 bits per heavy atom. The Hall–Kier alpha value is -2.00. The van der Waals surface area contributed by atoms with E-state index in [1.165, 1.54) is 0 Å². The van der Waals surface area contributed by atoms with Crippen LogP contribution in [0.3, 0.4) is 0 Å². The molecule has 2 aromatic carbocycles. The summed E-state index contributed by atoms with van der Waals surface area (Å²) < 4.78 is 10.9. The van der Waals surface area contributed by atoms with Crippen molar-refractivity contribution in [2.45, 2.75) is 6.10 Å². The third kappa shape index (κ3) is 3.02. The van der Waals surface area contributed by atoms with Crippen molar-refractivity contribution in [3.8, 4) is 11.5 Å². The Labute approximate surface area is 107 Å². The maximum Gasteiger partial charge on any atom is 0.147 e. The van der Waals surface area contributed by atoms with Crippen LogP contribution in [-0.2, 0) is 0 Å².